The van der Waals surface area contributed by atoms with Crippen molar-refractivity contribution in [3.8, 4) is 6.01 Å². The summed E-state index contributed by atoms with van der Waals surface area (Å²) in [5, 5.41) is 2.77. The summed E-state index contributed by atoms with van der Waals surface area (Å²) in [6, 6.07) is 6.12. The van der Waals surface area contributed by atoms with Gasteiger partial charge in [0, 0.05) is 33.5 Å². The topological polar surface area (TPSA) is 169 Å². The Morgan fingerprint density at radius 1 is 1.12 bits per heavy atom. The zero-order chi connectivity index (χ0) is 38.0. The van der Waals surface area contributed by atoms with Crippen molar-refractivity contribution >= 4 is 44.9 Å². The number of ether oxygens (including phenoxy) is 2. The van der Waals surface area contributed by atoms with Crippen molar-refractivity contribution in [1.29, 1.82) is 0 Å². The highest BCUT2D eigenvalue weighted by molar-refractivity contribution is 7.87. The van der Waals surface area contributed by atoms with Crippen LogP contribution in [0.1, 0.15) is 86.0 Å². The minimum absolute atomic E-state index is 0.0458. The molecule has 0 radical (unpaired) electrons. The molecule has 3 amide bonds. The minimum atomic E-state index is -4.11. The second kappa shape index (κ2) is 15.6. The number of para-hydroxylation sites is 2. The Morgan fingerprint density at radius 2 is 1.85 bits per heavy atom. The van der Waals surface area contributed by atoms with E-state index in [4.69, 9.17) is 14.5 Å². The van der Waals surface area contributed by atoms with E-state index in [0.29, 0.717) is 38.2 Å². The lowest BCUT2D eigenvalue weighted by Gasteiger charge is -2.30. The predicted molar refractivity (Wildman–Crippen MR) is 195 cm³/mol. The molecule has 1 saturated carbocycles. The Morgan fingerprint density at radius 3 is 2.54 bits per heavy atom. The van der Waals surface area contributed by atoms with Gasteiger partial charge in [-0.2, -0.15) is 17.7 Å². The molecular weight excluding hydrogens is 689 g/mol. The summed E-state index contributed by atoms with van der Waals surface area (Å²) in [7, 11) is -1.48. The molecule has 2 aliphatic heterocycles. The van der Waals surface area contributed by atoms with Crippen molar-refractivity contribution in [3.05, 3.63) is 36.4 Å². The Labute approximate surface area is 306 Å². The second-order valence-electron chi connectivity index (χ2n) is 16.0. The first-order valence-corrected chi connectivity index (χ1v) is 19.7. The van der Waals surface area contributed by atoms with Crippen LogP contribution in [0.4, 0.5) is 4.79 Å². The van der Waals surface area contributed by atoms with Crippen LogP contribution in [0.25, 0.3) is 11.0 Å². The number of aromatic nitrogens is 2. The monoisotopic (exact) mass is 742 g/mol. The van der Waals surface area contributed by atoms with Crippen LogP contribution in [-0.2, 0) is 35.9 Å². The van der Waals surface area contributed by atoms with E-state index in [0.717, 1.165) is 28.2 Å². The van der Waals surface area contributed by atoms with Gasteiger partial charge in [-0.15, -0.1) is 0 Å². The molecule has 2 fully saturated rings. The summed E-state index contributed by atoms with van der Waals surface area (Å²) in [5.41, 5.74) is -0.416. The highest BCUT2D eigenvalue weighted by Gasteiger charge is 2.61. The van der Waals surface area contributed by atoms with E-state index >= 15 is 0 Å². The molecular formula is C37H54N6O8S. The van der Waals surface area contributed by atoms with E-state index in [1.807, 2.05) is 41.0 Å². The molecule has 5 atom stereocenters. The number of hydrogen-bond donors (Lipinski definition) is 2. The van der Waals surface area contributed by atoms with Crippen molar-refractivity contribution in [1.82, 2.24) is 28.8 Å². The fraction of sp³-hybridized carbons (Fsp3) is 0.649. The van der Waals surface area contributed by atoms with Crippen LogP contribution in [0.5, 0.6) is 6.01 Å². The molecule has 1 saturated heterocycles. The van der Waals surface area contributed by atoms with Gasteiger partial charge in [0.15, 0.2) is 5.78 Å². The zero-order valence-corrected chi connectivity index (χ0v) is 32.2. The minimum Gasteiger partial charge on any atom is -0.459 e. The molecule has 286 valence electrons. The summed E-state index contributed by atoms with van der Waals surface area (Å²) in [6.07, 6.45) is 5.96. The SMILES string of the molecule is CC(C)Cn1c(O[C@@H]2C[C@H]3C(=O)C[C@]4(C(=O)NS(=O)(=O)N(C)C)C[C@H]4/C=C\CCCCC[C@H](NC(=O)OC(C)(C)C)C(=O)N3C2)nc2ccccc21. The number of hydrogen-bond acceptors (Lipinski definition) is 9. The van der Waals surface area contributed by atoms with E-state index in [9.17, 15) is 27.6 Å². The number of fused-ring (bicyclic) bond motifs is 3. The number of nitrogens with one attached hydrogen (secondary N) is 2. The van der Waals surface area contributed by atoms with Gasteiger partial charge < -0.3 is 19.7 Å². The van der Waals surface area contributed by atoms with Gasteiger partial charge in [-0.05, 0) is 70.4 Å². The first-order chi connectivity index (χ1) is 24.4. The molecule has 1 aromatic carbocycles. The smallest absolute Gasteiger partial charge is 0.408 e. The third-order valence-corrected chi connectivity index (χ3v) is 11.3. The van der Waals surface area contributed by atoms with E-state index in [2.05, 4.69) is 23.9 Å². The van der Waals surface area contributed by atoms with Gasteiger partial charge in [-0.25, -0.2) is 9.52 Å². The first kappa shape index (κ1) is 39.2. The molecule has 2 N–H and O–H groups in total. The van der Waals surface area contributed by atoms with Crippen molar-refractivity contribution < 1.29 is 37.1 Å². The Kier molecular flexibility index (Phi) is 11.7. The highest BCUT2D eigenvalue weighted by atomic mass is 32.2. The van der Waals surface area contributed by atoms with E-state index in [-0.39, 0.29) is 37.0 Å². The predicted octanol–water partition coefficient (Wildman–Crippen LogP) is 4.34. The molecule has 2 aromatic rings. The van der Waals surface area contributed by atoms with Crippen molar-refractivity contribution in [2.75, 3.05) is 20.6 Å². The maximum absolute atomic E-state index is 14.5. The Hall–Kier alpha value is -3.98. The van der Waals surface area contributed by atoms with Gasteiger partial charge in [0.1, 0.15) is 17.7 Å². The van der Waals surface area contributed by atoms with Crippen LogP contribution in [0, 0.1) is 17.3 Å². The van der Waals surface area contributed by atoms with Gasteiger partial charge in [0.25, 0.3) is 6.01 Å². The summed E-state index contributed by atoms with van der Waals surface area (Å²) in [4.78, 5) is 61.8. The third kappa shape index (κ3) is 9.14. The van der Waals surface area contributed by atoms with Crippen molar-refractivity contribution in [2.24, 2.45) is 17.3 Å². The van der Waals surface area contributed by atoms with Gasteiger partial charge >= 0.3 is 16.3 Å². The van der Waals surface area contributed by atoms with E-state index in [1.54, 1.807) is 20.8 Å². The molecule has 5 rings (SSSR count). The normalized spacial score (nSPS) is 26.7. The Balaban J connectivity index is 1.49. The molecule has 0 spiro atoms. The van der Waals surface area contributed by atoms with Crippen molar-refractivity contribution in [2.45, 2.75) is 116 Å². The maximum atomic E-state index is 14.5. The number of amides is 3. The molecule has 1 aromatic heterocycles. The lowest BCUT2D eigenvalue weighted by molar-refractivity contribution is -0.140. The molecule has 3 heterocycles. The van der Waals surface area contributed by atoms with Crippen LogP contribution in [0.2, 0.25) is 0 Å². The van der Waals surface area contributed by atoms with Crippen LogP contribution in [-0.4, -0.2) is 95.3 Å². The molecule has 3 aliphatic rings. The second-order valence-corrected chi connectivity index (χ2v) is 17.8. The molecule has 14 nitrogen and oxygen atoms in total. The molecule has 1 aliphatic carbocycles. The fourth-order valence-electron chi connectivity index (χ4n) is 7.09. The van der Waals surface area contributed by atoms with Crippen LogP contribution in [0.3, 0.4) is 0 Å². The van der Waals surface area contributed by atoms with Crippen LogP contribution >= 0.6 is 0 Å². The molecule has 0 bridgehead atoms. The summed E-state index contributed by atoms with van der Waals surface area (Å²) < 4.78 is 42.5. The van der Waals surface area contributed by atoms with E-state index < -0.39 is 57.3 Å². The Bertz CT molecular complexity index is 1800. The number of rotatable bonds is 8. The summed E-state index contributed by atoms with van der Waals surface area (Å²) in [6.45, 7) is 10.1. The number of imidazole rings is 1. The summed E-state index contributed by atoms with van der Waals surface area (Å²) in [5.74, 6) is -1.63. The number of ketones is 1. The van der Waals surface area contributed by atoms with Crippen LogP contribution in [0.15, 0.2) is 36.4 Å². The quantitative estimate of drug-likeness (QED) is 0.374. The first-order valence-electron chi connectivity index (χ1n) is 18.3. The number of benzene rings is 1. The van der Waals surface area contributed by atoms with Gasteiger partial charge in [0.2, 0.25) is 11.8 Å². The maximum Gasteiger partial charge on any atom is 0.408 e. The molecule has 52 heavy (non-hydrogen) atoms. The highest BCUT2D eigenvalue weighted by Crippen LogP contribution is 2.57. The van der Waals surface area contributed by atoms with E-state index in [1.165, 1.54) is 19.0 Å². The molecule has 15 heteroatoms. The van der Waals surface area contributed by atoms with Gasteiger partial charge in [0.05, 0.1) is 29.0 Å². The van der Waals surface area contributed by atoms with Crippen LogP contribution < -0.4 is 14.8 Å². The van der Waals surface area contributed by atoms with Gasteiger partial charge in [-0.1, -0.05) is 51.0 Å². The standard InChI is InChI=1S/C37H54N6O8S/c1-24(2)22-43-29-18-14-13-16-27(29)38-34(43)50-26-19-30-31(44)21-37(33(46)40-52(48,49)41(6)7)20-25(37)15-11-9-8-10-12-17-28(32(45)42(30)23-26)39-35(47)51-36(3,4)5/h11,13-16,18,24-26,28,30H,8-10,12,17,19-23H2,1-7H3,(H,39,47)(H,40,46)/b15-11-/t25-,26-,28+,30+,37-/m1/s1. The lowest BCUT2D eigenvalue weighted by Crippen LogP contribution is -2.53. The summed E-state index contributed by atoms with van der Waals surface area (Å²) >= 11 is 0. The molecule has 0 unspecified atom stereocenters. The zero-order valence-electron chi connectivity index (χ0n) is 31.4. The number of allylic oxidation sites excluding steroid dienone is 2. The number of carbonyl (C=O) groups excluding carboxylic acids is 4. The average molecular weight is 743 g/mol. The largest absolute Gasteiger partial charge is 0.459 e. The average Bonchev–Trinajstić information content (AvgIpc) is 3.40. The van der Waals surface area contributed by atoms with Crippen molar-refractivity contribution in [3.63, 3.8) is 0 Å². The lowest BCUT2D eigenvalue weighted by atomic mass is 9.91. The fourth-order valence-corrected chi connectivity index (χ4v) is 7.71. The number of Topliss-reactive ketones (excluding diaryl/α,β-unsaturated/α-hetero) is 1. The third-order valence-electron chi connectivity index (χ3n) is 9.86. The van der Waals surface area contributed by atoms with Gasteiger partial charge in [-0.3, -0.25) is 19.0 Å². The number of nitrogens with zero attached hydrogens (tertiary/aromatic N) is 4. The number of carbonyl (C=O) groups is 4. The number of alkyl carbamates (subject to hydrolysis) is 1.